The van der Waals surface area contributed by atoms with Gasteiger partial charge in [0.25, 0.3) is 0 Å². The van der Waals surface area contributed by atoms with Crippen LogP contribution in [0.2, 0.25) is 0 Å². The van der Waals surface area contributed by atoms with Gasteiger partial charge >= 0.3 is 12.0 Å². The third-order valence-corrected chi connectivity index (χ3v) is 2.35. The first-order valence-electron chi connectivity index (χ1n) is 5.62. The van der Waals surface area contributed by atoms with Crippen LogP contribution in [-0.2, 0) is 4.79 Å². The number of ether oxygens (including phenoxy) is 1. The fourth-order valence-electron chi connectivity index (χ4n) is 1.41. The van der Waals surface area contributed by atoms with Gasteiger partial charge in [0.05, 0.1) is 7.11 Å². The number of benzene rings is 1. The largest absolute Gasteiger partial charge is 0.497 e. The highest BCUT2D eigenvalue weighted by Gasteiger charge is 2.19. The summed E-state index contributed by atoms with van der Waals surface area (Å²) >= 11 is 0. The molecule has 4 N–H and O–H groups in total. The molecule has 7 nitrogen and oxygen atoms in total. The van der Waals surface area contributed by atoms with E-state index in [1.165, 1.54) is 7.11 Å². The highest BCUT2D eigenvalue weighted by molar-refractivity contribution is 5.92. The Bertz CT molecular complexity index is 450. The van der Waals surface area contributed by atoms with Gasteiger partial charge in [0, 0.05) is 24.8 Å². The van der Waals surface area contributed by atoms with E-state index in [4.69, 9.17) is 14.9 Å². The van der Waals surface area contributed by atoms with Crippen molar-refractivity contribution in [2.24, 2.45) is 0 Å². The number of amides is 2. The van der Waals surface area contributed by atoms with Crippen LogP contribution in [0.4, 0.5) is 10.5 Å². The molecule has 0 heterocycles. The summed E-state index contributed by atoms with van der Waals surface area (Å²) in [6.07, 6.45) is -0.0547. The third-order valence-electron chi connectivity index (χ3n) is 2.35. The summed E-state index contributed by atoms with van der Waals surface area (Å²) in [5.74, 6) is -0.627. The van der Waals surface area contributed by atoms with Gasteiger partial charge in [0.15, 0.2) is 0 Å². The van der Waals surface area contributed by atoms with Crippen molar-refractivity contribution in [3.05, 3.63) is 24.3 Å². The van der Waals surface area contributed by atoms with Crippen LogP contribution in [0.15, 0.2) is 24.3 Å². The molecule has 1 aromatic carbocycles. The van der Waals surface area contributed by atoms with Crippen molar-refractivity contribution in [3.63, 3.8) is 0 Å². The lowest BCUT2D eigenvalue weighted by molar-refractivity contribution is -0.139. The zero-order chi connectivity index (χ0) is 14.3. The van der Waals surface area contributed by atoms with E-state index in [2.05, 4.69) is 10.6 Å². The van der Waals surface area contributed by atoms with E-state index in [9.17, 15) is 9.59 Å². The van der Waals surface area contributed by atoms with Gasteiger partial charge < -0.3 is 25.6 Å². The van der Waals surface area contributed by atoms with Crippen LogP contribution < -0.4 is 15.4 Å². The lowest BCUT2D eigenvalue weighted by Crippen LogP contribution is -2.43. The summed E-state index contributed by atoms with van der Waals surface area (Å²) < 4.78 is 5.00. The lowest BCUT2D eigenvalue weighted by atomic mass is 10.2. The first kappa shape index (κ1) is 14.8. The lowest BCUT2D eigenvalue weighted by Gasteiger charge is -2.14. The van der Waals surface area contributed by atoms with Gasteiger partial charge in [-0.3, -0.25) is 0 Å². The average molecular weight is 268 g/mol. The number of carboxylic acid groups (broad SMARTS) is 1. The zero-order valence-corrected chi connectivity index (χ0v) is 10.4. The molecule has 0 aliphatic carbocycles. The number of nitrogens with one attached hydrogen (secondary N) is 2. The quantitative estimate of drug-likeness (QED) is 0.606. The van der Waals surface area contributed by atoms with Crippen LogP contribution in [-0.4, -0.2) is 42.0 Å². The molecule has 0 fully saturated rings. The SMILES string of the molecule is COc1cccc(NC(=O)N[C@@H](CCO)C(=O)O)c1. The predicted octanol–water partition coefficient (Wildman–Crippen LogP) is 0.652. The van der Waals surface area contributed by atoms with Crippen molar-refractivity contribution in [1.82, 2.24) is 5.32 Å². The second-order valence-electron chi connectivity index (χ2n) is 3.73. The summed E-state index contributed by atoms with van der Waals surface area (Å²) in [6, 6.07) is 4.86. The number of rotatable bonds is 6. The van der Waals surface area contributed by atoms with Gasteiger partial charge in [-0.2, -0.15) is 0 Å². The van der Waals surface area contributed by atoms with Crippen molar-refractivity contribution in [3.8, 4) is 5.75 Å². The molecule has 7 heteroatoms. The average Bonchev–Trinajstić information content (AvgIpc) is 2.38. The minimum Gasteiger partial charge on any atom is -0.497 e. The van der Waals surface area contributed by atoms with Crippen LogP contribution in [0.1, 0.15) is 6.42 Å². The fraction of sp³-hybridized carbons (Fsp3) is 0.333. The third kappa shape index (κ3) is 4.84. The van der Waals surface area contributed by atoms with Crippen LogP contribution in [0.5, 0.6) is 5.75 Å². The number of urea groups is 1. The number of carbonyl (C=O) groups excluding carboxylic acids is 1. The molecule has 0 unspecified atom stereocenters. The number of carboxylic acids is 1. The molecule has 0 saturated heterocycles. The molecule has 0 saturated carbocycles. The molecular weight excluding hydrogens is 252 g/mol. The number of aliphatic hydroxyl groups excluding tert-OH is 1. The van der Waals surface area contributed by atoms with Crippen molar-refractivity contribution in [2.45, 2.75) is 12.5 Å². The molecule has 1 aromatic rings. The summed E-state index contributed by atoms with van der Waals surface area (Å²) in [7, 11) is 1.50. The summed E-state index contributed by atoms with van der Waals surface area (Å²) in [4.78, 5) is 22.4. The maximum absolute atomic E-state index is 11.6. The number of aliphatic hydroxyl groups is 1. The smallest absolute Gasteiger partial charge is 0.326 e. The van der Waals surface area contributed by atoms with Gasteiger partial charge in [-0.05, 0) is 12.1 Å². The maximum atomic E-state index is 11.6. The molecule has 1 rings (SSSR count). The van der Waals surface area contributed by atoms with Gasteiger partial charge in [0.1, 0.15) is 11.8 Å². The van der Waals surface area contributed by atoms with Crippen LogP contribution in [0.25, 0.3) is 0 Å². The summed E-state index contributed by atoms with van der Waals surface area (Å²) in [5.41, 5.74) is 0.477. The van der Waals surface area contributed by atoms with Crippen molar-refractivity contribution >= 4 is 17.7 Å². The van der Waals surface area contributed by atoms with E-state index in [-0.39, 0.29) is 13.0 Å². The Morgan fingerprint density at radius 2 is 2.16 bits per heavy atom. The number of hydrogen-bond donors (Lipinski definition) is 4. The number of carbonyl (C=O) groups is 2. The van der Waals surface area contributed by atoms with Gasteiger partial charge in [-0.1, -0.05) is 6.07 Å². The molecule has 2 amide bonds. The van der Waals surface area contributed by atoms with E-state index in [0.717, 1.165) is 0 Å². The molecule has 0 aliphatic rings. The standard InChI is InChI=1S/C12H16N2O5/c1-19-9-4-2-3-8(7-9)13-12(18)14-10(5-6-15)11(16)17/h2-4,7,10,15H,5-6H2,1H3,(H,16,17)(H2,13,14,18)/t10-/m0/s1. The Labute approximate surface area is 110 Å². The highest BCUT2D eigenvalue weighted by Crippen LogP contribution is 2.16. The Morgan fingerprint density at radius 1 is 1.42 bits per heavy atom. The van der Waals surface area contributed by atoms with Gasteiger partial charge in [0.2, 0.25) is 0 Å². The van der Waals surface area contributed by atoms with E-state index >= 15 is 0 Å². The maximum Gasteiger partial charge on any atom is 0.326 e. The first-order chi connectivity index (χ1) is 9.06. The molecule has 0 aliphatic heterocycles. The fourth-order valence-corrected chi connectivity index (χ4v) is 1.41. The minimum absolute atomic E-state index is 0.0547. The Balaban J connectivity index is 2.60. The van der Waals surface area contributed by atoms with Crippen LogP contribution in [0.3, 0.4) is 0 Å². The highest BCUT2D eigenvalue weighted by atomic mass is 16.5. The van der Waals surface area contributed by atoms with E-state index in [1.54, 1.807) is 24.3 Å². The Kier molecular flexibility index (Phi) is 5.62. The second kappa shape index (κ2) is 7.22. The zero-order valence-electron chi connectivity index (χ0n) is 10.4. The van der Waals surface area contributed by atoms with E-state index < -0.39 is 18.0 Å². The van der Waals surface area contributed by atoms with Crippen molar-refractivity contribution in [2.75, 3.05) is 19.0 Å². The summed E-state index contributed by atoms with van der Waals surface area (Å²) in [5, 5.41) is 22.3. The normalized spacial score (nSPS) is 11.5. The number of anilines is 1. The molecule has 0 bridgehead atoms. The predicted molar refractivity (Wildman–Crippen MR) is 68.3 cm³/mol. The molecule has 0 radical (unpaired) electrons. The van der Waals surface area contributed by atoms with Crippen molar-refractivity contribution in [1.29, 1.82) is 0 Å². The Morgan fingerprint density at radius 3 is 2.74 bits per heavy atom. The van der Waals surface area contributed by atoms with E-state index in [0.29, 0.717) is 11.4 Å². The van der Waals surface area contributed by atoms with Gasteiger partial charge in [-0.15, -0.1) is 0 Å². The first-order valence-corrected chi connectivity index (χ1v) is 5.62. The number of methoxy groups -OCH3 is 1. The van der Waals surface area contributed by atoms with Crippen LogP contribution >= 0.6 is 0 Å². The second-order valence-corrected chi connectivity index (χ2v) is 3.73. The van der Waals surface area contributed by atoms with Crippen LogP contribution in [0, 0.1) is 0 Å². The number of aliphatic carboxylic acids is 1. The Hall–Kier alpha value is -2.28. The molecule has 1 atom stereocenters. The summed E-state index contributed by atoms with van der Waals surface area (Å²) in [6.45, 7) is -0.323. The molecule has 19 heavy (non-hydrogen) atoms. The molecule has 104 valence electrons. The van der Waals surface area contributed by atoms with E-state index in [1.807, 2.05) is 0 Å². The van der Waals surface area contributed by atoms with Crippen molar-refractivity contribution < 1.29 is 24.5 Å². The monoisotopic (exact) mass is 268 g/mol. The number of hydrogen-bond acceptors (Lipinski definition) is 4. The molecule has 0 aromatic heterocycles. The topological polar surface area (TPSA) is 108 Å². The van der Waals surface area contributed by atoms with Gasteiger partial charge in [-0.25, -0.2) is 9.59 Å². The minimum atomic E-state index is -1.20. The molecule has 0 spiro atoms. The molecular formula is C12H16N2O5.